The zero-order chi connectivity index (χ0) is 12.6. The van der Waals surface area contributed by atoms with Crippen LogP contribution in [0.3, 0.4) is 0 Å². The molecule has 3 rings (SSSR count). The van der Waals surface area contributed by atoms with Crippen molar-refractivity contribution in [2.24, 2.45) is 0 Å². The van der Waals surface area contributed by atoms with Crippen LogP contribution in [0.4, 0.5) is 5.69 Å². The number of anilines is 1. The standard InChI is InChI=1S/C12H15N3O2S/c1-12(5-2-3-6-16-12)11-14-10(17-15-11)9-8(13)4-7-18-9/h4,7H,2-3,5-6,13H2,1H3. The number of hydrogen-bond acceptors (Lipinski definition) is 6. The van der Waals surface area contributed by atoms with Gasteiger partial charge in [0.2, 0.25) is 5.82 Å². The highest BCUT2D eigenvalue weighted by atomic mass is 32.1. The number of hydrogen-bond donors (Lipinski definition) is 1. The third-order valence-electron chi connectivity index (χ3n) is 3.26. The molecule has 1 atom stereocenters. The zero-order valence-electron chi connectivity index (χ0n) is 10.2. The molecular formula is C12H15N3O2S. The van der Waals surface area contributed by atoms with Crippen molar-refractivity contribution in [1.82, 2.24) is 10.1 Å². The Balaban J connectivity index is 1.92. The lowest BCUT2D eigenvalue weighted by atomic mass is 9.95. The van der Waals surface area contributed by atoms with Crippen molar-refractivity contribution in [3.8, 4) is 10.8 Å². The highest BCUT2D eigenvalue weighted by molar-refractivity contribution is 7.14. The molecule has 2 N–H and O–H groups in total. The summed E-state index contributed by atoms with van der Waals surface area (Å²) in [4.78, 5) is 5.26. The molecule has 0 aliphatic carbocycles. The van der Waals surface area contributed by atoms with Crippen LogP contribution < -0.4 is 5.73 Å². The first kappa shape index (κ1) is 11.7. The number of ether oxygens (including phenoxy) is 1. The van der Waals surface area contributed by atoms with Crippen molar-refractivity contribution in [2.75, 3.05) is 12.3 Å². The topological polar surface area (TPSA) is 74.2 Å². The second-order valence-electron chi connectivity index (χ2n) is 4.66. The van der Waals surface area contributed by atoms with Gasteiger partial charge in [0, 0.05) is 6.61 Å². The van der Waals surface area contributed by atoms with E-state index >= 15 is 0 Å². The highest BCUT2D eigenvalue weighted by Gasteiger charge is 2.35. The zero-order valence-corrected chi connectivity index (χ0v) is 11.0. The van der Waals surface area contributed by atoms with Gasteiger partial charge in [-0.25, -0.2) is 0 Å². The summed E-state index contributed by atoms with van der Waals surface area (Å²) in [5.41, 5.74) is 6.09. The normalized spacial score (nSPS) is 24.3. The molecule has 1 aliphatic rings. The van der Waals surface area contributed by atoms with Crippen LogP contribution in [-0.4, -0.2) is 16.7 Å². The fourth-order valence-electron chi connectivity index (χ4n) is 2.13. The highest BCUT2D eigenvalue weighted by Crippen LogP contribution is 2.36. The predicted octanol–water partition coefficient (Wildman–Crippen LogP) is 2.80. The van der Waals surface area contributed by atoms with E-state index in [2.05, 4.69) is 10.1 Å². The molecule has 1 fully saturated rings. The first-order valence-electron chi connectivity index (χ1n) is 6.00. The molecule has 0 saturated carbocycles. The average Bonchev–Trinajstić information content (AvgIpc) is 2.98. The van der Waals surface area contributed by atoms with E-state index in [1.54, 1.807) is 0 Å². The summed E-state index contributed by atoms with van der Waals surface area (Å²) >= 11 is 1.50. The molecule has 1 saturated heterocycles. The summed E-state index contributed by atoms with van der Waals surface area (Å²) in [5.74, 6) is 1.10. The smallest absolute Gasteiger partial charge is 0.270 e. The SMILES string of the molecule is CC1(c2noc(-c3sccc3N)n2)CCCCO1. The molecule has 0 amide bonds. The van der Waals surface area contributed by atoms with E-state index in [0.29, 0.717) is 17.4 Å². The van der Waals surface area contributed by atoms with Crippen LogP contribution in [0.1, 0.15) is 32.0 Å². The number of thiophene rings is 1. The van der Waals surface area contributed by atoms with E-state index in [1.807, 2.05) is 18.4 Å². The molecule has 1 aliphatic heterocycles. The van der Waals surface area contributed by atoms with Crippen molar-refractivity contribution < 1.29 is 9.26 Å². The van der Waals surface area contributed by atoms with Crippen LogP contribution in [0.5, 0.6) is 0 Å². The number of nitrogens with two attached hydrogens (primary N) is 1. The van der Waals surface area contributed by atoms with E-state index in [-0.39, 0.29) is 0 Å². The van der Waals surface area contributed by atoms with Gasteiger partial charge < -0.3 is 15.0 Å². The Morgan fingerprint density at radius 2 is 2.33 bits per heavy atom. The third kappa shape index (κ3) is 1.91. The monoisotopic (exact) mass is 265 g/mol. The Morgan fingerprint density at radius 1 is 1.44 bits per heavy atom. The maximum Gasteiger partial charge on any atom is 0.270 e. The van der Waals surface area contributed by atoms with Crippen LogP contribution in [0.25, 0.3) is 10.8 Å². The first-order valence-corrected chi connectivity index (χ1v) is 6.88. The van der Waals surface area contributed by atoms with Crippen LogP contribution in [0.2, 0.25) is 0 Å². The minimum absolute atomic E-state index is 0.425. The molecule has 6 heteroatoms. The van der Waals surface area contributed by atoms with Gasteiger partial charge in [-0.3, -0.25) is 0 Å². The van der Waals surface area contributed by atoms with Gasteiger partial charge in [-0.15, -0.1) is 11.3 Å². The minimum Gasteiger partial charge on any atom is -0.397 e. The van der Waals surface area contributed by atoms with E-state index in [1.165, 1.54) is 11.3 Å². The molecule has 2 aromatic heterocycles. The van der Waals surface area contributed by atoms with Crippen molar-refractivity contribution in [3.05, 3.63) is 17.3 Å². The van der Waals surface area contributed by atoms with Gasteiger partial charge in [-0.05, 0) is 37.6 Å². The summed E-state index contributed by atoms with van der Waals surface area (Å²) < 4.78 is 11.1. The summed E-state index contributed by atoms with van der Waals surface area (Å²) in [5, 5.41) is 5.96. The lowest BCUT2D eigenvalue weighted by Gasteiger charge is -2.30. The largest absolute Gasteiger partial charge is 0.397 e. The molecule has 2 aromatic rings. The number of nitrogens with zero attached hydrogens (tertiary/aromatic N) is 2. The summed E-state index contributed by atoms with van der Waals surface area (Å²) in [6, 6.07) is 1.84. The van der Waals surface area contributed by atoms with Gasteiger partial charge in [-0.2, -0.15) is 4.98 Å². The summed E-state index contributed by atoms with van der Waals surface area (Å²) in [6.45, 7) is 2.76. The van der Waals surface area contributed by atoms with Crippen LogP contribution >= 0.6 is 11.3 Å². The van der Waals surface area contributed by atoms with Gasteiger partial charge >= 0.3 is 0 Å². The molecule has 96 valence electrons. The first-order chi connectivity index (χ1) is 8.69. The lowest BCUT2D eigenvalue weighted by Crippen LogP contribution is -2.31. The molecule has 5 nitrogen and oxygen atoms in total. The van der Waals surface area contributed by atoms with Gasteiger partial charge in [-0.1, -0.05) is 5.16 Å². The van der Waals surface area contributed by atoms with Crippen molar-refractivity contribution in [3.63, 3.8) is 0 Å². The van der Waals surface area contributed by atoms with E-state index < -0.39 is 5.60 Å². The maximum absolute atomic E-state index is 5.84. The van der Waals surface area contributed by atoms with Crippen LogP contribution in [-0.2, 0) is 10.3 Å². The van der Waals surface area contributed by atoms with E-state index in [9.17, 15) is 0 Å². The van der Waals surface area contributed by atoms with Gasteiger partial charge in [0.15, 0.2) is 0 Å². The quantitative estimate of drug-likeness (QED) is 0.903. The molecular weight excluding hydrogens is 250 g/mol. The van der Waals surface area contributed by atoms with Gasteiger partial charge in [0.25, 0.3) is 5.89 Å². The molecule has 18 heavy (non-hydrogen) atoms. The number of rotatable bonds is 2. The minimum atomic E-state index is -0.425. The van der Waals surface area contributed by atoms with Gasteiger partial charge in [0.1, 0.15) is 10.5 Å². The second-order valence-corrected chi connectivity index (χ2v) is 5.58. The molecule has 0 aromatic carbocycles. The van der Waals surface area contributed by atoms with Crippen molar-refractivity contribution >= 4 is 17.0 Å². The number of aromatic nitrogens is 2. The fraction of sp³-hybridized carbons (Fsp3) is 0.500. The van der Waals surface area contributed by atoms with Gasteiger partial charge in [0.05, 0.1) is 5.69 Å². The van der Waals surface area contributed by atoms with E-state index in [0.717, 1.165) is 30.7 Å². The van der Waals surface area contributed by atoms with Crippen LogP contribution in [0, 0.1) is 0 Å². The Bertz CT molecular complexity index is 543. The Morgan fingerprint density at radius 3 is 3.00 bits per heavy atom. The second kappa shape index (κ2) is 4.37. The molecule has 3 heterocycles. The van der Waals surface area contributed by atoms with Crippen LogP contribution in [0.15, 0.2) is 16.0 Å². The molecule has 0 spiro atoms. The Kier molecular flexibility index (Phi) is 2.83. The fourth-order valence-corrected chi connectivity index (χ4v) is 2.87. The summed E-state index contributed by atoms with van der Waals surface area (Å²) in [7, 11) is 0. The Labute approximate surface area is 109 Å². The molecule has 1 unspecified atom stereocenters. The predicted molar refractivity (Wildman–Crippen MR) is 69.2 cm³/mol. The number of nitrogen functional groups attached to an aromatic ring is 1. The molecule has 0 radical (unpaired) electrons. The summed E-state index contributed by atoms with van der Waals surface area (Å²) in [6.07, 6.45) is 3.14. The third-order valence-corrected chi connectivity index (χ3v) is 4.18. The Hall–Kier alpha value is -1.40. The average molecular weight is 265 g/mol. The molecule has 0 bridgehead atoms. The van der Waals surface area contributed by atoms with E-state index in [4.69, 9.17) is 15.0 Å². The van der Waals surface area contributed by atoms with Crippen molar-refractivity contribution in [2.45, 2.75) is 31.8 Å². The maximum atomic E-state index is 5.84. The lowest BCUT2D eigenvalue weighted by molar-refractivity contribution is -0.0770. The van der Waals surface area contributed by atoms with Crippen molar-refractivity contribution in [1.29, 1.82) is 0 Å².